The van der Waals surface area contributed by atoms with Crippen molar-refractivity contribution in [2.45, 2.75) is 13.1 Å². The molecule has 0 fully saturated rings. The van der Waals surface area contributed by atoms with Crippen LogP contribution in [-0.4, -0.2) is 23.7 Å². The van der Waals surface area contributed by atoms with E-state index < -0.39 is 18.7 Å². The van der Waals surface area contributed by atoms with E-state index in [4.69, 9.17) is 27.9 Å². The fraction of sp³-hybridized carbons (Fsp3) is 0.200. The Kier molecular flexibility index (Phi) is 5.56. The maximum Gasteiger partial charge on any atom is 0.422 e. The number of ether oxygens (including phenoxy) is 1. The van der Waals surface area contributed by atoms with Crippen LogP contribution in [0.1, 0.15) is 15.9 Å². The Bertz CT molecular complexity index is 767. The molecule has 0 aliphatic heterocycles. The molecule has 24 heavy (non-hydrogen) atoms. The van der Waals surface area contributed by atoms with E-state index in [0.717, 1.165) is 0 Å². The van der Waals surface area contributed by atoms with Gasteiger partial charge in [0, 0.05) is 6.20 Å². The van der Waals surface area contributed by atoms with Gasteiger partial charge in [-0.2, -0.15) is 13.2 Å². The Hall–Kier alpha value is -1.99. The standard InChI is InChI=1S/C15H11Cl2F3N2O2/c1-8-2-3-11(12(4-8)24-7-15(18,19)20)22-14(23)9-5-10(16)13(17)21-6-9/h2-6H,7H2,1H3,(H,22,23). The number of rotatable bonds is 4. The van der Waals surface area contributed by atoms with Crippen LogP contribution in [-0.2, 0) is 0 Å². The van der Waals surface area contributed by atoms with Gasteiger partial charge in [0.25, 0.3) is 5.91 Å². The van der Waals surface area contributed by atoms with Crippen molar-refractivity contribution < 1.29 is 22.7 Å². The smallest absolute Gasteiger partial charge is 0.422 e. The Balaban J connectivity index is 2.21. The third kappa shape index (κ3) is 5.01. The molecule has 1 N–H and O–H groups in total. The molecule has 0 atom stereocenters. The lowest BCUT2D eigenvalue weighted by Crippen LogP contribution is -2.20. The van der Waals surface area contributed by atoms with E-state index in [-0.39, 0.29) is 27.2 Å². The van der Waals surface area contributed by atoms with E-state index in [0.29, 0.717) is 5.56 Å². The van der Waals surface area contributed by atoms with Crippen LogP contribution in [0.5, 0.6) is 5.75 Å². The second-order valence-electron chi connectivity index (χ2n) is 4.85. The average molecular weight is 379 g/mol. The van der Waals surface area contributed by atoms with Gasteiger partial charge >= 0.3 is 6.18 Å². The van der Waals surface area contributed by atoms with Gasteiger partial charge in [0.05, 0.1) is 16.3 Å². The van der Waals surface area contributed by atoms with Crippen LogP contribution in [0.3, 0.4) is 0 Å². The summed E-state index contributed by atoms with van der Waals surface area (Å²) in [5.41, 5.74) is 0.883. The first-order valence-corrected chi connectivity index (χ1v) is 7.34. The van der Waals surface area contributed by atoms with Crippen LogP contribution >= 0.6 is 23.2 Å². The van der Waals surface area contributed by atoms with Crippen molar-refractivity contribution in [3.8, 4) is 5.75 Å². The highest BCUT2D eigenvalue weighted by Gasteiger charge is 2.29. The molecule has 0 spiro atoms. The van der Waals surface area contributed by atoms with E-state index in [9.17, 15) is 18.0 Å². The van der Waals surface area contributed by atoms with E-state index in [1.54, 1.807) is 13.0 Å². The lowest BCUT2D eigenvalue weighted by Gasteiger charge is -2.14. The number of carbonyl (C=O) groups excluding carboxylic acids is 1. The highest BCUT2D eigenvalue weighted by Crippen LogP contribution is 2.29. The zero-order valence-corrected chi connectivity index (χ0v) is 13.8. The molecule has 9 heteroatoms. The number of nitrogens with zero attached hydrogens (tertiary/aromatic N) is 1. The van der Waals surface area contributed by atoms with E-state index >= 15 is 0 Å². The van der Waals surface area contributed by atoms with Gasteiger partial charge in [0.2, 0.25) is 0 Å². The number of aryl methyl sites for hydroxylation is 1. The molecule has 0 aliphatic carbocycles. The summed E-state index contributed by atoms with van der Waals surface area (Å²) in [5.74, 6) is -0.699. The maximum absolute atomic E-state index is 12.3. The average Bonchev–Trinajstić information content (AvgIpc) is 2.49. The normalized spacial score (nSPS) is 11.2. The van der Waals surface area contributed by atoms with Crippen molar-refractivity contribution in [3.63, 3.8) is 0 Å². The molecule has 0 saturated carbocycles. The first kappa shape index (κ1) is 18.4. The highest BCUT2D eigenvalue weighted by molar-refractivity contribution is 6.41. The number of alkyl halides is 3. The van der Waals surface area contributed by atoms with Gasteiger partial charge in [-0.3, -0.25) is 4.79 Å². The van der Waals surface area contributed by atoms with Gasteiger partial charge in [0.1, 0.15) is 10.9 Å². The number of amides is 1. The van der Waals surface area contributed by atoms with E-state index in [1.807, 2.05) is 0 Å². The molecule has 2 rings (SSSR count). The summed E-state index contributed by atoms with van der Waals surface area (Å²) in [6, 6.07) is 5.78. The van der Waals surface area contributed by atoms with Gasteiger partial charge in [-0.05, 0) is 30.7 Å². The van der Waals surface area contributed by atoms with Crippen LogP contribution in [0.2, 0.25) is 10.2 Å². The van der Waals surface area contributed by atoms with Gasteiger partial charge < -0.3 is 10.1 Å². The Labute approximate surface area is 145 Å². The van der Waals surface area contributed by atoms with E-state index in [1.165, 1.54) is 24.4 Å². The predicted molar refractivity (Wildman–Crippen MR) is 84.9 cm³/mol. The zero-order chi connectivity index (χ0) is 17.9. The molecule has 0 aliphatic rings. The summed E-state index contributed by atoms with van der Waals surface area (Å²) in [5, 5.41) is 2.59. The van der Waals surface area contributed by atoms with Crippen LogP contribution in [0, 0.1) is 6.92 Å². The van der Waals surface area contributed by atoms with Crippen LogP contribution in [0.4, 0.5) is 18.9 Å². The maximum atomic E-state index is 12.3. The number of carbonyl (C=O) groups is 1. The van der Waals surface area contributed by atoms with Crippen molar-refractivity contribution in [3.05, 3.63) is 51.8 Å². The molecule has 0 saturated heterocycles. The summed E-state index contributed by atoms with van der Waals surface area (Å²) in [6.07, 6.45) is -3.29. The topological polar surface area (TPSA) is 51.2 Å². The molecule has 1 heterocycles. The SMILES string of the molecule is Cc1ccc(NC(=O)c2cnc(Cl)c(Cl)c2)c(OCC(F)(F)F)c1. The minimum absolute atomic E-state index is 0.0396. The van der Waals surface area contributed by atoms with Gasteiger partial charge in [-0.25, -0.2) is 4.98 Å². The van der Waals surface area contributed by atoms with Crippen molar-refractivity contribution in [2.75, 3.05) is 11.9 Å². The minimum atomic E-state index is -4.49. The van der Waals surface area contributed by atoms with Gasteiger partial charge in [0.15, 0.2) is 6.61 Å². The Morgan fingerprint density at radius 1 is 1.29 bits per heavy atom. The van der Waals surface area contributed by atoms with Crippen molar-refractivity contribution in [1.29, 1.82) is 0 Å². The zero-order valence-electron chi connectivity index (χ0n) is 12.2. The summed E-state index contributed by atoms with van der Waals surface area (Å²) in [6.45, 7) is 0.225. The molecule has 0 radical (unpaired) electrons. The fourth-order valence-corrected chi connectivity index (χ4v) is 2.02. The second-order valence-corrected chi connectivity index (χ2v) is 5.62. The van der Waals surface area contributed by atoms with Gasteiger partial charge in [-0.1, -0.05) is 29.3 Å². The number of aromatic nitrogens is 1. The third-order valence-corrected chi connectivity index (χ3v) is 3.52. The quantitative estimate of drug-likeness (QED) is 0.770. The largest absolute Gasteiger partial charge is 0.482 e. The summed E-state index contributed by atoms with van der Waals surface area (Å²) >= 11 is 11.5. The molecule has 1 aromatic carbocycles. The molecular weight excluding hydrogens is 368 g/mol. The number of nitrogens with one attached hydrogen (secondary N) is 1. The van der Waals surface area contributed by atoms with Crippen molar-refractivity contribution in [2.24, 2.45) is 0 Å². The number of hydrogen-bond acceptors (Lipinski definition) is 3. The molecule has 128 valence electrons. The summed E-state index contributed by atoms with van der Waals surface area (Å²) in [7, 11) is 0. The van der Waals surface area contributed by atoms with Gasteiger partial charge in [-0.15, -0.1) is 0 Å². The van der Waals surface area contributed by atoms with Crippen LogP contribution in [0.15, 0.2) is 30.5 Å². The number of hydrogen-bond donors (Lipinski definition) is 1. The van der Waals surface area contributed by atoms with Crippen molar-refractivity contribution >= 4 is 34.8 Å². The first-order chi connectivity index (χ1) is 11.2. The number of benzene rings is 1. The number of halogens is 5. The Morgan fingerprint density at radius 3 is 2.62 bits per heavy atom. The Morgan fingerprint density at radius 2 is 2.00 bits per heavy atom. The monoisotopic (exact) mass is 378 g/mol. The molecule has 4 nitrogen and oxygen atoms in total. The summed E-state index contributed by atoms with van der Waals surface area (Å²) < 4.78 is 41.8. The van der Waals surface area contributed by atoms with E-state index in [2.05, 4.69) is 10.3 Å². The second kappa shape index (κ2) is 7.27. The lowest BCUT2D eigenvalue weighted by molar-refractivity contribution is -0.153. The third-order valence-electron chi connectivity index (χ3n) is 2.84. The van der Waals surface area contributed by atoms with Crippen LogP contribution in [0.25, 0.3) is 0 Å². The molecule has 0 bridgehead atoms. The molecule has 1 amide bonds. The minimum Gasteiger partial charge on any atom is -0.482 e. The summed E-state index contributed by atoms with van der Waals surface area (Å²) in [4.78, 5) is 15.9. The molecule has 0 unspecified atom stereocenters. The lowest BCUT2D eigenvalue weighted by atomic mass is 10.2. The molecule has 2 aromatic rings. The number of anilines is 1. The predicted octanol–water partition coefficient (Wildman–Crippen LogP) is 4.89. The number of pyridine rings is 1. The van der Waals surface area contributed by atoms with Crippen molar-refractivity contribution in [1.82, 2.24) is 4.98 Å². The first-order valence-electron chi connectivity index (χ1n) is 6.58. The highest BCUT2D eigenvalue weighted by atomic mass is 35.5. The van der Waals surface area contributed by atoms with Crippen LogP contribution < -0.4 is 10.1 Å². The molecular formula is C15H11Cl2F3N2O2. The fourth-order valence-electron chi connectivity index (χ4n) is 1.75. The molecule has 1 aromatic heterocycles.